The fourth-order valence-electron chi connectivity index (χ4n) is 5.81. The van der Waals surface area contributed by atoms with Crippen molar-refractivity contribution in [2.75, 3.05) is 4.90 Å². The first-order chi connectivity index (χ1) is 19.3. The molecule has 0 fully saturated rings. The number of fused-ring (bicyclic) bond motifs is 5. The molecule has 0 radical (unpaired) electrons. The van der Waals surface area contributed by atoms with Gasteiger partial charge >= 0.3 is 0 Å². The van der Waals surface area contributed by atoms with Crippen LogP contribution < -0.4 is 4.90 Å². The van der Waals surface area contributed by atoms with Gasteiger partial charge in [-0.05, 0) is 83.6 Å². The fraction of sp³-hybridized carbons (Fsp3) is 0. The summed E-state index contributed by atoms with van der Waals surface area (Å²) in [6.07, 6.45) is 2.17. The summed E-state index contributed by atoms with van der Waals surface area (Å²) in [7, 11) is 0. The van der Waals surface area contributed by atoms with Crippen LogP contribution in [0.1, 0.15) is 0 Å². The Morgan fingerprint density at radius 2 is 1.18 bits per heavy atom. The lowest BCUT2D eigenvalue weighted by Gasteiger charge is -2.26. The third kappa shape index (κ3) is 3.59. The number of hydrogen-bond acceptors (Lipinski definition) is 1. The summed E-state index contributed by atoms with van der Waals surface area (Å²) in [4.78, 5) is 5.89. The molecule has 2 heterocycles. The van der Waals surface area contributed by atoms with Crippen LogP contribution in [0, 0.1) is 0 Å². The van der Waals surface area contributed by atoms with Crippen LogP contribution in [0.5, 0.6) is 0 Å². The van der Waals surface area contributed by atoms with Gasteiger partial charge in [-0.1, -0.05) is 66.7 Å². The van der Waals surface area contributed by atoms with Crippen LogP contribution in [0.4, 0.5) is 17.1 Å². The summed E-state index contributed by atoms with van der Waals surface area (Å²) in [5.74, 6) is 0. The van der Waals surface area contributed by atoms with E-state index in [1.807, 2.05) is 0 Å². The number of nitrogens with one attached hydrogen (secondary N) is 1. The van der Waals surface area contributed by atoms with E-state index in [0.29, 0.717) is 0 Å². The van der Waals surface area contributed by atoms with E-state index in [9.17, 15) is 0 Å². The first-order valence-electron chi connectivity index (χ1n) is 13.3. The highest BCUT2D eigenvalue weighted by Crippen LogP contribution is 2.37. The summed E-state index contributed by atoms with van der Waals surface area (Å²) in [6, 6.07) is 49.9. The minimum absolute atomic E-state index is 1.12. The van der Waals surface area contributed by atoms with Gasteiger partial charge in [-0.2, -0.15) is 0 Å². The van der Waals surface area contributed by atoms with Crippen molar-refractivity contribution in [1.29, 1.82) is 0 Å². The number of anilines is 3. The Morgan fingerprint density at radius 1 is 0.462 bits per heavy atom. The second-order valence-corrected chi connectivity index (χ2v) is 10.0. The molecule has 0 aliphatic heterocycles. The molecule has 6 aromatic carbocycles. The SMILES string of the molecule is c1ccc(N(c2ccc(-n3ccc4cc5[nH]c6ccccc6c5cc43)cc2)c2ccc3ccccc3c2)cc1. The number of aromatic nitrogens is 2. The molecule has 0 saturated carbocycles. The summed E-state index contributed by atoms with van der Waals surface area (Å²) >= 11 is 0. The highest BCUT2D eigenvalue weighted by atomic mass is 15.1. The number of H-pyrrole nitrogens is 1. The molecule has 0 unspecified atom stereocenters. The molecule has 8 rings (SSSR count). The van der Waals surface area contributed by atoms with E-state index in [4.69, 9.17) is 0 Å². The van der Waals surface area contributed by atoms with Gasteiger partial charge in [-0.3, -0.25) is 0 Å². The lowest BCUT2D eigenvalue weighted by Crippen LogP contribution is -2.09. The van der Waals surface area contributed by atoms with Crippen LogP contribution in [0.3, 0.4) is 0 Å². The van der Waals surface area contributed by atoms with Gasteiger partial charge in [0.1, 0.15) is 0 Å². The van der Waals surface area contributed by atoms with E-state index in [0.717, 1.165) is 22.7 Å². The molecule has 8 aromatic rings. The summed E-state index contributed by atoms with van der Waals surface area (Å²) in [5, 5.41) is 6.20. The molecule has 0 atom stereocenters. The monoisotopic (exact) mass is 499 g/mol. The quantitative estimate of drug-likeness (QED) is 0.256. The van der Waals surface area contributed by atoms with Crippen molar-refractivity contribution in [3.8, 4) is 5.69 Å². The number of rotatable bonds is 4. The van der Waals surface area contributed by atoms with Crippen LogP contribution in [0.15, 0.2) is 146 Å². The molecule has 0 aliphatic carbocycles. The van der Waals surface area contributed by atoms with Crippen LogP contribution >= 0.6 is 0 Å². The first kappa shape index (κ1) is 21.8. The predicted molar refractivity (Wildman–Crippen MR) is 165 cm³/mol. The van der Waals surface area contributed by atoms with Crippen molar-refractivity contribution in [3.05, 3.63) is 146 Å². The van der Waals surface area contributed by atoms with Crippen molar-refractivity contribution >= 4 is 60.5 Å². The first-order valence-corrected chi connectivity index (χ1v) is 13.3. The molecule has 0 saturated heterocycles. The molecular formula is C36H25N3. The molecule has 0 spiro atoms. The zero-order chi connectivity index (χ0) is 25.8. The number of para-hydroxylation sites is 2. The van der Waals surface area contributed by atoms with Gasteiger partial charge in [0.2, 0.25) is 0 Å². The molecule has 39 heavy (non-hydrogen) atoms. The Morgan fingerprint density at radius 3 is 2.05 bits per heavy atom. The smallest absolute Gasteiger partial charge is 0.0536 e. The molecule has 2 aromatic heterocycles. The third-order valence-corrected chi connectivity index (χ3v) is 7.71. The van der Waals surface area contributed by atoms with Crippen LogP contribution in [-0.2, 0) is 0 Å². The Kier molecular flexibility index (Phi) is 4.82. The van der Waals surface area contributed by atoms with E-state index >= 15 is 0 Å². The highest BCUT2D eigenvalue weighted by Gasteiger charge is 2.14. The van der Waals surface area contributed by atoms with Crippen LogP contribution in [-0.4, -0.2) is 9.55 Å². The fourth-order valence-corrected chi connectivity index (χ4v) is 5.81. The van der Waals surface area contributed by atoms with E-state index in [1.54, 1.807) is 0 Å². The van der Waals surface area contributed by atoms with Gasteiger partial charge in [0.25, 0.3) is 0 Å². The Labute approximate surface area is 226 Å². The lowest BCUT2D eigenvalue weighted by atomic mass is 10.1. The van der Waals surface area contributed by atoms with Crippen LogP contribution in [0.2, 0.25) is 0 Å². The van der Waals surface area contributed by atoms with Gasteiger partial charge in [0.05, 0.1) is 5.52 Å². The van der Waals surface area contributed by atoms with Gasteiger partial charge in [-0.25, -0.2) is 0 Å². The second-order valence-electron chi connectivity index (χ2n) is 10.0. The maximum absolute atomic E-state index is 3.57. The van der Waals surface area contributed by atoms with Gasteiger partial charge in [0.15, 0.2) is 0 Å². The molecular weight excluding hydrogens is 474 g/mol. The normalized spacial score (nSPS) is 11.6. The molecule has 1 N–H and O–H groups in total. The molecule has 0 bridgehead atoms. The topological polar surface area (TPSA) is 24.0 Å². The number of nitrogens with zero attached hydrogens (tertiary/aromatic N) is 2. The second kappa shape index (κ2) is 8.64. The number of benzene rings is 6. The van der Waals surface area contributed by atoms with E-state index < -0.39 is 0 Å². The lowest BCUT2D eigenvalue weighted by molar-refractivity contribution is 1.13. The molecule has 3 heteroatoms. The zero-order valence-electron chi connectivity index (χ0n) is 21.3. The maximum Gasteiger partial charge on any atom is 0.0536 e. The van der Waals surface area contributed by atoms with E-state index in [-0.39, 0.29) is 0 Å². The number of aromatic amines is 1. The zero-order valence-corrected chi connectivity index (χ0v) is 21.3. The minimum Gasteiger partial charge on any atom is -0.354 e. The van der Waals surface area contributed by atoms with Crippen molar-refractivity contribution in [2.45, 2.75) is 0 Å². The molecule has 0 aliphatic rings. The summed E-state index contributed by atoms with van der Waals surface area (Å²) in [5.41, 5.74) is 8.08. The van der Waals surface area contributed by atoms with Crippen LogP contribution in [0.25, 0.3) is 49.2 Å². The maximum atomic E-state index is 3.57. The molecule has 3 nitrogen and oxygen atoms in total. The Bertz CT molecular complexity index is 2120. The van der Waals surface area contributed by atoms with Crippen molar-refractivity contribution < 1.29 is 0 Å². The molecule has 0 amide bonds. The Hall–Kier alpha value is -5.28. The van der Waals surface area contributed by atoms with Crippen molar-refractivity contribution in [3.63, 3.8) is 0 Å². The standard InChI is InChI=1S/C36H25N3/c1-2-10-29(11-3-1)39(31-15-14-25-8-4-5-9-26(25)22-31)30-18-16-28(17-19-30)38-21-20-27-23-35-33(24-36(27)38)32-12-6-7-13-34(32)37-35/h1-24,37H. The largest absolute Gasteiger partial charge is 0.354 e. The molecule has 184 valence electrons. The Balaban J connectivity index is 1.23. The van der Waals surface area contributed by atoms with Gasteiger partial charge < -0.3 is 14.5 Å². The van der Waals surface area contributed by atoms with E-state index in [1.165, 1.54) is 43.5 Å². The summed E-state index contributed by atoms with van der Waals surface area (Å²) < 4.78 is 2.28. The third-order valence-electron chi connectivity index (χ3n) is 7.71. The average Bonchev–Trinajstić information content (AvgIpc) is 3.58. The van der Waals surface area contributed by atoms with Crippen molar-refractivity contribution in [1.82, 2.24) is 9.55 Å². The van der Waals surface area contributed by atoms with Crippen molar-refractivity contribution in [2.24, 2.45) is 0 Å². The predicted octanol–water partition coefficient (Wildman–Crippen LogP) is 9.89. The number of hydrogen-bond donors (Lipinski definition) is 1. The minimum atomic E-state index is 1.12. The summed E-state index contributed by atoms with van der Waals surface area (Å²) in [6.45, 7) is 0. The van der Waals surface area contributed by atoms with Gasteiger partial charge in [-0.15, -0.1) is 0 Å². The van der Waals surface area contributed by atoms with E-state index in [2.05, 4.69) is 160 Å². The highest BCUT2D eigenvalue weighted by molar-refractivity contribution is 6.11. The van der Waals surface area contributed by atoms with Gasteiger partial charge in [0, 0.05) is 56.1 Å². The average molecular weight is 500 g/mol.